The Bertz CT molecular complexity index is 655. The summed E-state index contributed by atoms with van der Waals surface area (Å²) in [4.78, 5) is 11.6. The van der Waals surface area contributed by atoms with Crippen molar-refractivity contribution in [3.8, 4) is 0 Å². The summed E-state index contributed by atoms with van der Waals surface area (Å²) in [6.45, 7) is 1.19. The number of carbonyl (C=O) groups is 1. The molecule has 0 fully saturated rings. The molecule has 2 aromatic carbocycles. The molecule has 122 valence electrons. The molecule has 4 nitrogen and oxygen atoms in total. The Labute approximate surface area is 132 Å². The third-order valence-corrected chi connectivity index (χ3v) is 3.27. The van der Waals surface area contributed by atoms with E-state index in [0.29, 0.717) is 6.07 Å². The number of hydrogen-bond donors (Lipinski definition) is 2. The zero-order valence-corrected chi connectivity index (χ0v) is 12.6. The van der Waals surface area contributed by atoms with Gasteiger partial charge in [0.2, 0.25) is 0 Å². The fraction of sp³-hybridized carbons (Fsp3) is 0.235. The van der Waals surface area contributed by atoms with E-state index in [1.165, 1.54) is 6.92 Å². The molecule has 23 heavy (non-hydrogen) atoms. The maximum absolute atomic E-state index is 13.2. The number of hydrogen-bond acceptors (Lipinski definition) is 3. The topological polar surface area (TPSA) is 58.6 Å². The summed E-state index contributed by atoms with van der Waals surface area (Å²) in [6.07, 6.45) is -0.731. The molecule has 0 aromatic heterocycles. The van der Waals surface area contributed by atoms with Gasteiger partial charge in [-0.1, -0.05) is 30.3 Å². The van der Waals surface area contributed by atoms with Crippen LogP contribution in [0, 0.1) is 11.6 Å². The lowest BCUT2D eigenvalue weighted by Gasteiger charge is -2.24. The number of rotatable bonds is 5. The van der Waals surface area contributed by atoms with Gasteiger partial charge in [0.15, 0.2) is 0 Å². The minimum Gasteiger partial charge on any atom is -0.445 e. The highest BCUT2D eigenvalue weighted by molar-refractivity contribution is 5.67. The van der Waals surface area contributed by atoms with Crippen LogP contribution in [0.2, 0.25) is 0 Å². The summed E-state index contributed by atoms with van der Waals surface area (Å²) < 4.78 is 31.4. The van der Waals surface area contributed by atoms with E-state index in [9.17, 15) is 18.7 Å². The summed E-state index contributed by atoms with van der Waals surface area (Å²) >= 11 is 0. The first-order valence-corrected chi connectivity index (χ1v) is 7.00. The summed E-state index contributed by atoms with van der Waals surface area (Å²) in [5, 5.41) is 12.6. The highest BCUT2D eigenvalue weighted by Gasteiger charge is 2.25. The normalized spacial score (nSPS) is 13.2. The Morgan fingerprint density at radius 3 is 2.39 bits per heavy atom. The molecule has 0 spiro atoms. The lowest BCUT2D eigenvalue weighted by Crippen LogP contribution is -2.39. The predicted octanol–water partition coefficient (Wildman–Crippen LogP) is 3.10. The summed E-state index contributed by atoms with van der Waals surface area (Å²) in [6, 6.07) is 11.8. The summed E-state index contributed by atoms with van der Waals surface area (Å²) in [7, 11) is 0. The molecule has 0 heterocycles. The van der Waals surface area contributed by atoms with Crippen LogP contribution in [0.5, 0.6) is 0 Å². The van der Waals surface area contributed by atoms with E-state index < -0.39 is 23.3 Å². The summed E-state index contributed by atoms with van der Waals surface area (Å²) in [5.74, 6) is -1.60. The SMILES string of the molecule is C[C@@](O)(CNC(=O)OCc1ccccc1)c1cc(F)cc(F)c1. The van der Waals surface area contributed by atoms with Crippen LogP contribution in [0.3, 0.4) is 0 Å². The Morgan fingerprint density at radius 2 is 1.78 bits per heavy atom. The minimum absolute atomic E-state index is 0.0263. The van der Waals surface area contributed by atoms with Crippen molar-refractivity contribution < 1.29 is 23.4 Å². The number of halogens is 2. The molecule has 0 radical (unpaired) electrons. The number of nitrogens with one attached hydrogen (secondary N) is 1. The van der Waals surface area contributed by atoms with Crippen molar-refractivity contribution >= 4 is 6.09 Å². The van der Waals surface area contributed by atoms with Crippen LogP contribution in [0.4, 0.5) is 13.6 Å². The Morgan fingerprint density at radius 1 is 1.17 bits per heavy atom. The molecule has 0 unspecified atom stereocenters. The van der Waals surface area contributed by atoms with E-state index in [4.69, 9.17) is 4.74 Å². The van der Waals surface area contributed by atoms with Gasteiger partial charge in [-0.3, -0.25) is 0 Å². The highest BCUT2D eigenvalue weighted by Crippen LogP contribution is 2.21. The van der Waals surface area contributed by atoms with Crippen molar-refractivity contribution in [2.45, 2.75) is 19.1 Å². The molecule has 0 saturated carbocycles. The molecule has 0 aliphatic carbocycles. The zero-order chi connectivity index (χ0) is 16.9. The first-order valence-electron chi connectivity index (χ1n) is 7.00. The van der Waals surface area contributed by atoms with Crippen molar-refractivity contribution in [1.82, 2.24) is 5.32 Å². The molecular formula is C17H17F2NO3. The molecule has 1 amide bonds. The molecule has 2 rings (SSSR count). The maximum Gasteiger partial charge on any atom is 0.407 e. The standard InChI is InChI=1S/C17H17F2NO3/c1-17(22,13-7-14(18)9-15(19)8-13)11-20-16(21)23-10-12-5-3-2-4-6-12/h2-9,22H,10-11H2,1H3,(H,20,21)/t17-/m1/s1. The van der Waals surface area contributed by atoms with Crippen LogP contribution < -0.4 is 5.32 Å². The van der Waals surface area contributed by atoms with E-state index >= 15 is 0 Å². The highest BCUT2D eigenvalue weighted by atomic mass is 19.1. The van der Waals surface area contributed by atoms with Gasteiger partial charge in [0.25, 0.3) is 0 Å². The van der Waals surface area contributed by atoms with Crippen molar-refractivity contribution in [1.29, 1.82) is 0 Å². The van der Waals surface area contributed by atoms with Gasteiger partial charge in [0.1, 0.15) is 23.8 Å². The fourth-order valence-electron chi connectivity index (χ4n) is 1.99. The number of carbonyl (C=O) groups excluding carboxylic acids is 1. The van der Waals surface area contributed by atoms with Gasteiger partial charge in [-0.2, -0.15) is 0 Å². The summed E-state index contributed by atoms with van der Waals surface area (Å²) in [5.41, 5.74) is -0.783. The smallest absolute Gasteiger partial charge is 0.407 e. The number of amides is 1. The largest absolute Gasteiger partial charge is 0.445 e. The van der Waals surface area contributed by atoms with Crippen LogP contribution in [0.25, 0.3) is 0 Å². The zero-order valence-electron chi connectivity index (χ0n) is 12.6. The fourth-order valence-corrected chi connectivity index (χ4v) is 1.99. The van der Waals surface area contributed by atoms with Gasteiger partial charge in [-0.05, 0) is 30.2 Å². The first-order chi connectivity index (χ1) is 10.9. The van der Waals surface area contributed by atoms with Gasteiger partial charge < -0.3 is 15.2 Å². The molecule has 0 aliphatic rings. The number of aliphatic hydroxyl groups is 1. The lowest BCUT2D eigenvalue weighted by atomic mass is 9.96. The Hall–Kier alpha value is -2.47. The van der Waals surface area contributed by atoms with Crippen molar-refractivity contribution in [2.75, 3.05) is 6.54 Å². The quantitative estimate of drug-likeness (QED) is 0.890. The average molecular weight is 321 g/mol. The third-order valence-electron chi connectivity index (χ3n) is 3.27. The van der Waals surface area contributed by atoms with Crippen LogP contribution in [0.15, 0.2) is 48.5 Å². The number of benzene rings is 2. The van der Waals surface area contributed by atoms with Crippen LogP contribution in [0.1, 0.15) is 18.1 Å². The predicted molar refractivity (Wildman–Crippen MR) is 80.6 cm³/mol. The van der Waals surface area contributed by atoms with E-state index in [2.05, 4.69) is 5.32 Å². The van der Waals surface area contributed by atoms with Gasteiger partial charge in [-0.15, -0.1) is 0 Å². The molecule has 2 N–H and O–H groups in total. The Balaban J connectivity index is 1.89. The Kier molecular flexibility index (Phi) is 5.28. The maximum atomic E-state index is 13.2. The van der Waals surface area contributed by atoms with Crippen LogP contribution in [-0.2, 0) is 16.9 Å². The second kappa shape index (κ2) is 7.19. The minimum atomic E-state index is -1.63. The second-order valence-corrected chi connectivity index (χ2v) is 5.35. The number of alkyl carbamates (subject to hydrolysis) is 1. The van der Waals surface area contributed by atoms with Crippen molar-refractivity contribution in [3.05, 3.63) is 71.3 Å². The van der Waals surface area contributed by atoms with Gasteiger partial charge >= 0.3 is 6.09 Å². The lowest BCUT2D eigenvalue weighted by molar-refractivity contribution is 0.0523. The molecule has 6 heteroatoms. The molecule has 1 atom stereocenters. The molecular weight excluding hydrogens is 304 g/mol. The molecule has 0 bridgehead atoms. The first kappa shape index (κ1) is 16.9. The molecule has 2 aromatic rings. The van der Waals surface area contributed by atoms with Crippen molar-refractivity contribution in [2.24, 2.45) is 0 Å². The number of ether oxygens (including phenoxy) is 1. The second-order valence-electron chi connectivity index (χ2n) is 5.35. The van der Waals surface area contributed by atoms with E-state index in [1.807, 2.05) is 18.2 Å². The van der Waals surface area contributed by atoms with E-state index in [1.54, 1.807) is 12.1 Å². The molecule has 0 saturated heterocycles. The van der Waals surface area contributed by atoms with Crippen molar-refractivity contribution in [3.63, 3.8) is 0 Å². The molecule has 0 aliphatic heterocycles. The monoisotopic (exact) mass is 321 g/mol. The van der Waals surface area contributed by atoms with Gasteiger partial charge in [-0.25, -0.2) is 13.6 Å². The average Bonchev–Trinajstić information content (AvgIpc) is 2.51. The van der Waals surface area contributed by atoms with E-state index in [0.717, 1.165) is 17.7 Å². The van der Waals surface area contributed by atoms with Gasteiger partial charge in [0, 0.05) is 6.07 Å². The van der Waals surface area contributed by atoms with Crippen LogP contribution in [-0.4, -0.2) is 17.7 Å². The van der Waals surface area contributed by atoms with E-state index in [-0.39, 0.29) is 18.7 Å². The van der Waals surface area contributed by atoms with Crippen LogP contribution >= 0.6 is 0 Å². The third kappa shape index (κ3) is 5.03. The van der Waals surface area contributed by atoms with Gasteiger partial charge in [0.05, 0.1) is 6.54 Å².